The van der Waals surface area contributed by atoms with E-state index in [0.29, 0.717) is 6.20 Å². The zero-order chi connectivity index (χ0) is 10.1. The van der Waals surface area contributed by atoms with E-state index in [1.807, 2.05) is 0 Å². The summed E-state index contributed by atoms with van der Waals surface area (Å²) < 4.78 is 36.8. The summed E-state index contributed by atoms with van der Waals surface area (Å²) in [5.74, 6) is -0.184. The van der Waals surface area contributed by atoms with Crippen molar-refractivity contribution in [3.63, 3.8) is 0 Å². The molecule has 0 saturated heterocycles. The molecule has 2 N–H and O–H groups in total. The SMILES string of the molecule is Nc1ccn(C(F)(F)CF)c(=O)n1. The van der Waals surface area contributed by atoms with Crippen molar-refractivity contribution in [3.8, 4) is 0 Å². The van der Waals surface area contributed by atoms with E-state index in [0.717, 1.165) is 6.07 Å². The summed E-state index contributed by atoms with van der Waals surface area (Å²) in [6.07, 6.45) is 0.699. The quantitative estimate of drug-likeness (QED) is 0.736. The molecule has 1 heterocycles. The fourth-order valence-electron chi connectivity index (χ4n) is 0.730. The molecule has 1 aromatic heterocycles. The van der Waals surface area contributed by atoms with Crippen LogP contribution in [0.25, 0.3) is 0 Å². The highest BCUT2D eigenvalue weighted by molar-refractivity contribution is 5.23. The third-order valence-electron chi connectivity index (χ3n) is 1.34. The number of anilines is 1. The maximum atomic E-state index is 12.6. The molecule has 0 fully saturated rings. The molecule has 0 atom stereocenters. The lowest BCUT2D eigenvalue weighted by Crippen LogP contribution is -2.36. The molecule has 0 aliphatic rings. The average Bonchev–Trinajstić information content (AvgIpc) is 2.03. The van der Waals surface area contributed by atoms with Gasteiger partial charge in [-0.2, -0.15) is 13.8 Å². The van der Waals surface area contributed by atoms with Crippen molar-refractivity contribution in [2.45, 2.75) is 6.05 Å². The molecular formula is C6H6F3N3O. The molecule has 0 amide bonds. The summed E-state index contributed by atoms with van der Waals surface area (Å²) >= 11 is 0. The van der Waals surface area contributed by atoms with Crippen molar-refractivity contribution in [3.05, 3.63) is 22.7 Å². The van der Waals surface area contributed by atoms with Crippen LogP contribution in [0.1, 0.15) is 0 Å². The van der Waals surface area contributed by atoms with Crippen LogP contribution in [0.5, 0.6) is 0 Å². The predicted molar refractivity (Wildman–Crippen MR) is 39.1 cm³/mol. The minimum atomic E-state index is -3.86. The number of rotatable bonds is 2. The second kappa shape index (κ2) is 3.08. The smallest absolute Gasteiger partial charge is 0.361 e. The van der Waals surface area contributed by atoms with Gasteiger partial charge in [0.25, 0.3) is 0 Å². The number of aromatic nitrogens is 2. The van der Waals surface area contributed by atoms with Crippen molar-refractivity contribution < 1.29 is 13.2 Å². The van der Waals surface area contributed by atoms with Crippen LogP contribution in [0.4, 0.5) is 19.0 Å². The second-order valence-corrected chi connectivity index (χ2v) is 2.30. The molecule has 7 heteroatoms. The summed E-state index contributed by atoms with van der Waals surface area (Å²) in [5.41, 5.74) is 3.77. The monoisotopic (exact) mass is 193 g/mol. The first kappa shape index (κ1) is 9.56. The van der Waals surface area contributed by atoms with Crippen LogP contribution in [-0.4, -0.2) is 16.2 Å². The predicted octanol–water partition coefficient (Wildman–Crippen LogP) is 0.344. The summed E-state index contributed by atoms with van der Waals surface area (Å²) in [5, 5.41) is 0. The fraction of sp³-hybridized carbons (Fsp3) is 0.333. The fourth-order valence-corrected chi connectivity index (χ4v) is 0.730. The Bertz CT molecular complexity index is 362. The molecule has 0 spiro atoms. The lowest BCUT2D eigenvalue weighted by Gasteiger charge is -2.13. The summed E-state index contributed by atoms with van der Waals surface area (Å²) in [6.45, 7) is -1.96. The van der Waals surface area contributed by atoms with Gasteiger partial charge in [-0.1, -0.05) is 0 Å². The average molecular weight is 193 g/mol. The number of nitrogens with two attached hydrogens (primary N) is 1. The Labute approximate surface area is 70.8 Å². The van der Waals surface area contributed by atoms with E-state index >= 15 is 0 Å². The summed E-state index contributed by atoms with van der Waals surface area (Å²) in [6, 6.07) is -2.87. The van der Waals surface area contributed by atoms with Crippen LogP contribution in [0.2, 0.25) is 0 Å². The Hall–Kier alpha value is -1.53. The molecule has 13 heavy (non-hydrogen) atoms. The number of halogens is 3. The minimum absolute atomic E-state index is 0.108. The number of alkyl halides is 3. The molecule has 72 valence electrons. The van der Waals surface area contributed by atoms with Gasteiger partial charge < -0.3 is 5.73 Å². The van der Waals surface area contributed by atoms with Gasteiger partial charge >= 0.3 is 11.7 Å². The van der Waals surface area contributed by atoms with Crippen LogP contribution in [-0.2, 0) is 6.05 Å². The Morgan fingerprint density at radius 1 is 1.62 bits per heavy atom. The Balaban J connectivity index is 3.24. The van der Waals surface area contributed by atoms with Gasteiger partial charge in [0, 0.05) is 6.20 Å². The van der Waals surface area contributed by atoms with Crippen molar-refractivity contribution in [2.75, 3.05) is 12.4 Å². The highest BCUT2D eigenvalue weighted by Crippen LogP contribution is 2.18. The standard InChI is InChI=1S/C6H6F3N3O/c7-3-6(8,9)12-2-1-4(10)11-5(12)13/h1-2H,3H2,(H2,10,11,13). The molecule has 1 rings (SSSR count). The van der Waals surface area contributed by atoms with Crippen LogP contribution in [0.3, 0.4) is 0 Å². The largest absolute Gasteiger partial charge is 0.383 e. The zero-order valence-electron chi connectivity index (χ0n) is 6.38. The van der Waals surface area contributed by atoms with Crippen molar-refractivity contribution in [1.29, 1.82) is 0 Å². The minimum Gasteiger partial charge on any atom is -0.383 e. The van der Waals surface area contributed by atoms with Gasteiger partial charge in [0.1, 0.15) is 5.82 Å². The number of hydrogen-bond acceptors (Lipinski definition) is 3. The molecule has 1 aromatic rings. The first-order valence-corrected chi connectivity index (χ1v) is 3.27. The number of nitrogen functional groups attached to an aromatic ring is 1. The van der Waals surface area contributed by atoms with Gasteiger partial charge in [0.15, 0.2) is 6.67 Å². The second-order valence-electron chi connectivity index (χ2n) is 2.30. The van der Waals surface area contributed by atoms with Crippen LogP contribution < -0.4 is 11.4 Å². The molecule has 0 aliphatic heterocycles. The molecule has 0 saturated carbocycles. The van der Waals surface area contributed by atoms with Crippen LogP contribution >= 0.6 is 0 Å². The van der Waals surface area contributed by atoms with E-state index in [1.54, 1.807) is 0 Å². The maximum Gasteiger partial charge on any atom is 0.361 e. The van der Waals surface area contributed by atoms with Crippen molar-refractivity contribution >= 4 is 5.82 Å². The zero-order valence-corrected chi connectivity index (χ0v) is 6.38. The Morgan fingerprint density at radius 2 is 2.23 bits per heavy atom. The highest BCUT2D eigenvalue weighted by atomic mass is 19.3. The van der Waals surface area contributed by atoms with Crippen LogP contribution in [0.15, 0.2) is 17.1 Å². The van der Waals surface area contributed by atoms with Gasteiger partial charge in [0.05, 0.1) is 0 Å². The van der Waals surface area contributed by atoms with Gasteiger partial charge in [-0.3, -0.25) is 0 Å². The van der Waals surface area contributed by atoms with E-state index in [4.69, 9.17) is 5.73 Å². The highest BCUT2D eigenvalue weighted by Gasteiger charge is 2.32. The van der Waals surface area contributed by atoms with E-state index in [1.165, 1.54) is 0 Å². The maximum absolute atomic E-state index is 12.6. The van der Waals surface area contributed by atoms with Crippen molar-refractivity contribution in [2.24, 2.45) is 0 Å². The number of nitrogens with zero attached hydrogens (tertiary/aromatic N) is 2. The van der Waals surface area contributed by atoms with E-state index < -0.39 is 18.4 Å². The van der Waals surface area contributed by atoms with Crippen LogP contribution in [0, 0.1) is 0 Å². The summed E-state index contributed by atoms with van der Waals surface area (Å²) in [4.78, 5) is 13.8. The molecule has 0 aromatic carbocycles. The lowest BCUT2D eigenvalue weighted by molar-refractivity contribution is -0.103. The molecule has 0 radical (unpaired) electrons. The van der Waals surface area contributed by atoms with E-state index in [2.05, 4.69) is 4.98 Å². The van der Waals surface area contributed by atoms with E-state index in [9.17, 15) is 18.0 Å². The topological polar surface area (TPSA) is 60.9 Å². The molecule has 0 unspecified atom stereocenters. The van der Waals surface area contributed by atoms with E-state index in [-0.39, 0.29) is 10.4 Å². The molecule has 0 aliphatic carbocycles. The number of hydrogen-bond donors (Lipinski definition) is 1. The molecule has 0 bridgehead atoms. The third-order valence-corrected chi connectivity index (χ3v) is 1.34. The van der Waals surface area contributed by atoms with Gasteiger partial charge in [0.2, 0.25) is 0 Å². The van der Waals surface area contributed by atoms with Gasteiger partial charge in [-0.05, 0) is 6.07 Å². The molecular weight excluding hydrogens is 187 g/mol. The van der Waals surface area contributed by atoms with Crippen molar-refractivity contribution in [1.82, 2.24) is 9.55 Å². The lowest BCUT2D eigenvalue weighted by atomic mass is 10.5. The molecule has 4 nitrogen and oxygen atoms in total. The Kier molecular flexibility index (Phi) is 2.26. The first-order chi connectivity index (χ1) is 5.97. The Morgan fingerprint density at radius 3 is 2.69 bits per heavy atom. The van der Waals surface area contributed by atoms with Gasteiger partial charge in [-0.15, -0.1) is 0 Å². The normalized spacial score (nSPS) is 11.6. The first-order valence-electron chi connectivity index (χ1n) is 3.27. The third kappa shape index (κ3) is 1.79. The summed E-state index contributed by atoms with van der Waals surface area (Å²) in [7, 11) is 0. The van der Waals surface area contributed by atoms with Gasteiger partial charge in [-0.25, -0.2) is 13.8 Å².